The van der Waals surface area contributed by atoms with Gasteiger partial charge in [0.15, 0.2) is 11.5 Å². The highest BCUT2D eigenvalue weighted by molar-refractivity contribution is 6.02. The molecule has 3 heterocycles. The van der Waals surface area contributed by atoms with Crippen LogP contribution in [0.5, 0.6) is 17.2 Å². The Hall–Kier alpha value is -2.73. The number of fused-ring (bicyclic) bond motifs is 4. The summed E-state index contributed by atoms with van der Waals surface area (Å²) in [6.45, 7) is 7.29. The van der Waals surface area contributed by atoms with Gasteiger partial charge >= 0.3 is 0 Å². The molecule has 1 saturated heterocycles. The summed E-state index contributed by atoms with van der Waals surface area (Å²) in [5.41, 5.74) is 2.98. The number of benzene rings is 2. The largest absolute Gasteiger partial charge is 0.494 e. The van der Waals surface area contributed by atoms with Gasteiger partial charge in [-0.15, -0.1) is 0 Å². The Labute approximate surface area is 184 Å². The van der Waals surface area contributed by atoms with E-state index in [0.29, 0.717) is 13.2 Å². The van der Waals surface area contributed by atoms with Crippen molar-refractivity contribution >= 4 is 5.71 Å². The number of rotatable bonds is 5. The van der Waals surface area contributed by atoms with Crippen molar-refractivity contribution in [3.63, 3.8) is 0 Å². The Bertz CT molecular complexity index is 964. The van der Waals surface area contributed by atoms with E-state index in [9.17, 15) is 0 Å². The zero-order chi connectivity index (χ0) is 21.4. The molecule has 0 bridgehead atoms. The van der Waals surface area contributed by atoms with Crippen molar-refractivity contribution in [2.45, 2.75) is 44.9 Å². The molecule has 0 N–H and O–H groups in total. The first-order valence-electron chi connectivity index (χ1n) is 11.4. The van der Waals surface area contributed by atoms with Gasteiger partial charge in [0.2, 0.25) is 5.72 Å². The fraction of sp³-hybridized carbons (Fsp3) is 0.480. The summed E-state index contributed by atoms with van der Waals surface area (Å²) in [7, 11) is 2.17. The van der Waals surface area contributed by atoms with Crippen LogP contribution in [-0.2, 0) is 0 Å². The molecule has 0 radical (unpaired) electrons. The number of hydrazone groups is 1. The van der Waals surface area contributed by atoms with E-state index in [-0.39, 0.29) is 6.04 Å². The minimum Gasteiger partial charge on any atom is -0.494 e. The van der Waals surface area contributed by atoms with E-state index < -0.39 is 5.72 Å². The Morgan fingerprint density at radius 1 is 1.03 bits per heavy atom. The minimum atomic E-state index is -0.426. The topological polar surface area (TPSA) is 46.5 Å². The van der Waals surface area contributed by atoms with Gasteiger partial charge in [-0.3, -0.25) is 0 Å². The van der Waals surface area contributed by atoms with Gasteiger partial charge in [0.25, 0.3) is 0 Å². The molecule has 31 heavy (non-hydrogen) atoms. The molecule has 5 rings (SSSR count). The second kappa shape index (κ2) is 8.08. The summed E-state index contributed by atoms with van der Waals surface area (Å²) in [6, 6.07) is 14.7. The van der Waals surface area contributed by atoms with Crippen LogP contribution in [0.4, 0.5) is 0 Å². The second-order valence-corrected chi connectivity index (χ2v) is 8.53. The van der Waals surface area contributed by atoms with Crippen molar-refractivity contribution in [2.24, 2.45) is 5.10 Å². The highest BCUT2D eigenvalue weighted by Crippen LogP contribution is 2.52. The Morgan fingerprint density at radius 3 is 2.48 bits per heavy atom. The molecule has 0 saturated carbocycles. The molecule has 2 aromatic carbocycles. The Morgan fingerprint density at radius 2 is 1.77 bits per heavy atom. The van der Waals surface area contributed by atoms with E-state index in [1.807, 2.05) is 32.0 Å². The number of ether oxygens (including phenoxy) is 3. The van der Waals surface area contributed by atoms with Crippen LogP contribution in [0.15, 0.2) is 47.6 Å². The van der Waals surface area contributed by atoms with Gasteiger partial charge in [-0.2, -0.15) is 5.10 Å². The van der Waals surface area contributed by atoms with Crippen LogP contribution in [0.2, 0.25) is 0 Å². The number of hydrogen-bond acceptors (Lipinski definition) is 6. The molecular weight excluding hydrogens is 390 g/mol. The molecule has 0 amide bonds. The number of piperidine rings is 1. The highest BCUT2D eigenvalue weighted by Gasteiger charge is 2.52. The van der Waals surface area contributed by atoms with Crippen LogP contribution in [0.25, 0.3) is 0 Å². The lowest BCUT2D eigenvalue weighted by Crippen LogP contribution is -2.58. The first-order valence-corrected chi connectivity index (χ1v) is 11.4. The molecule has 164 valence electrons. The van der Waals surface area contributed by atoms with Crippen LogP contribution in [-0.4, -0.2) is 54.7 Å². The number of nitrogens with zero attached hydrogens (tertiary/aromatic N) is 3. The van der Waals surface area contributed by atoms with Gasteiger partial charge in [0.05, 0.1) is 25.0 Å². The van der Waals surface area contributed by atoms with Crippen LogP contribution in [0.3, 0.4) is 0 Å². The summed E-state index contributed by atoms with van der Waals surface area (Å²) in [6.07, 6.45) is 2.69. The minimum absolute atomic E-state index is 0.161. The maximum atomic E-state index is 6.79. The zero-order valence-corrected chi connectivity index (χ0v) is 18.6. The average Bonchev–Trinajstić information content (AvgIpc) is 3.24. The number of hydrogen-bond donors (Lipinski definition) is 0. The predicted molar refractivity (Wildman–Crippen MR) is 121 cm³/mol. The van der Waals surface area contributed by atoms with Crippen molar-refractivity contribution < 1.29 is 14.2 Å². The molecule has 1 fully saturated rings. The van der Waals surface area contributed by atoms with Crippen molar-refractivity contribution in [3.05, 3.63) is 53.6 Å². The van der Waals surface area contributed by atoms with Gasteiger partial charge in [0, 0.05) is 37.9 Å². The summed E-state index contributed by atoms with van der Waals surface area (Å²) in [5, 5.41) is 7.41. The number of likely N-dealkylation sites (tertiary alicyclic amines) is 1. The molecule has 1 atom stereocenters. The van der Waals surface area contributed by atoms with E-state index in [2.05, 4.69) is 41.2 Å². The SMILES string of the molecule is CCOc1ccc(C2=NN3C(C2)c2cccc(OCC)c2OC32CCN(C)CC2)cc1. The third kappa shape index (κ3) is 3.53. The van der Waals surface area contributed by atoms with E-state index in [0.717, 1.165) is 60.9 Å². The number of para-hydroxylation sites is 1. The first kappa shape index (κ1) is 20.2. The fourth-order valence-corrected chi connectivity index (χ4v) is 4.92. The van der Waals surface area contributed by atoms with Crippen molar-refractivity contribution in [3.8, 4) is 17.2 Å². The molecular formula is C25H31N3O3. The van der Waals surface area contributed by atoms with Gasteiger partial charge in [-0.1, -0.05) is 12.1 Å². The Balaban J connectivity index is 1.54. The summed E-state index contributed by atoms with van der Waals surface area (Å²) < 4.78 is 18.4. The lowest BCUT2D eigenvalue weighted by Gasteiger charge is -2.51. The van der Waals surface area contributed by atoms with Crippen molar-refractivity contribution in [1.82, 2.24) is 9.91 Å². The van der Waals surface area contributed by atoms with Crippen LogP contribution < -0.4 is 14.2 Å². The monoisotopic (exact) mass is 421 g/mol. The maximum Gasteiger partial charge on any atom is 0.200 e. The zero-order valence-electron chi connectivity index (χ0n) is 18.6. The molecule has 6 nitrogen and oxygen atoms in total. The highest BCUT2D eigenvalue weighted by atomic mass is 16.6. The second-order valence-electron chi connectivity index (χ2n) is 8.53. The van der Waals surface area contributed by atoms with E-state index in [4.69, 9.17) is 19.3 Å². The fourth-order valence-electron chi connectivity index (χ4n) is 4.92. The molecule has 0 aromatic heterocycles. The summed E-state index contributed by atoms with van der Waals surface area (Å²) >= 11 is 0. The van der Waals surface area contributed by atoms with Gasteiger partial charge < -0.3 is 19.1 Å². The van der Waals surface area contributed by atoms with E-state index >= 15 is 0 Å². The molecule has 6 heteroatoms. The van der Waals surface area contributed by atoms with E-state index in [1.165, 1.54) is 5.56 Å². The van der Waals surface area contributed by atoms with Gasteiger partial charge in [-0.05, 0) is 56.8 Å². The molecule has 0 aliphatic carbocycles. The summed E-state index contributed by atoms with van der Waals surface area (Å²) in [5.74, 6) is 2.63. The van der Waals surface area contributed by atoms with Crippen LogP contribution in [0, 0.1) is 0 Å². The standard InChI is InChI=1S/C25H31N3O3/c1-4-29-19-11-9-18(10-12-19)21-17-22-20-7-6-8-23(30-5-2)24(20)31-25(28(22)26-21)13-15-27(3)16-14-25/h6-12,22H,4-5,13-17H2,1-3H3. The molecule has 2 aromatic rings. The molecule has 3 aliphatic rings. The Kier molecular flexibility index (Phi) is 5.26. The predicted octanol–water partition coefficient (Wildman–Crippen LogP) is 4.45. The lowest BCUT2D eigenvalue weighted by atomic mass is 9.90. The van der Waals surface area contributed by atoms with Crippen LogP contribution in [0.1, 0.15) is 50.3 Å². The van der Waals surface area contributed by atoms with E-state index in [1.54, 1.807) is 0 Å². The van der Waals surface area contributed by atoms with Crippen molar-refractivity contribution in [2.75, 3.05) is 33.4 Å². The maximum absolute atomic E-state index is 6.79. The first-order chi connectivity index (χ1) is 15.1. The van der Waals surface area contributed by atoms with Crippen LogP contribution >= 0.6 is 0 Å². The summed E-state index contributed by atoms with van der Waals surface area (Å²) in [4.78, 5) is 2.36. The molecule has 3 aliphatic heterocycles. The quantitative estimate of drug-likeness (QED) is 0.714. The third-order valence-electron chi connectivity index (χ3n) is 6.56. The van der Waals surface area contributed by atoms with Gasteiger partial charge in [-0.25, -0.2) is 5.01 Å². The molecule has 1 spiro atoms. The smallest absolute Gasteiger partial charge is 0.200 e. The normalized spacial score (nSPS) is 21.8. The lowest BCUT2D eigenvalue weighted by molar-refractivity contribution is -0.148. The van der Waals surface area contributed by atoms with Gasteiger partial charge in [0.1, 0.15) is 5.75 Å². The average molecular weight is 422 g/mol. The van der Waals surface area contributed by atoms with Crippen molar-refractivity contribution in [1.29, 1.82) is 0 Å². The third-order valence-corrected chi connectivity index (χ3v) is 6.56. The molecule has 1 unspecified atom stereocenters.